The normalized spacial score (nSPS) is 14.4. The van der Waals surface area contributed by atoms with E-state index in [9.17, 15) is 68.4 Å². The third-order valence-electron chi connectivity index (χ3n) is 7.12. The van der Waals surface area contributed by atoms with Gasteiger partial charge in [0.15, 0.2) is 11.3 Å². The van der Waals surface area contributed by atoms with Gasteiger partial charge in [-0.3, -0.25) is 24.0 Å². The zero-order valence-electron chi connectivity index (χ0n) is 26.8. The van der Waals surface area contributed by atoms with Crippen molar-refractivity contribution in [1.82, 2.24) is 21.3 Å². The number of rotatable bonds is 26. The fourth-order valence-corrected chi connectivity index (χ4v) is 4.31. The maximum atomic E-state index is 12.6. The number of ketones is 1. The second-order valence-electron chi connectivity index (χ2n) is 11.1. The molecule has 21 nitrogen and oxygen atoms in total. The molecule has 0 fully saturated rings. The van der Waals surface area contributed by atoms with Crippen molar-refractivity contribution in [1.29, 1.82) is 0 Å². The molecule has 0 aromatic carbocycles. The molecule has 0 bridgehead atoms. The Morgan fingerprint density at radius 3 is 1.16 bits per heavy atom. The minimum atomic E-state index is -2.29. The van der Waals surface area contributed by atoms with E-state index in [0.29, 0.717) is 6.42 Å². The van der Waals surface area contributed by atoms with Gasteiger partial charge in [-0.1, -0.05) is 0 Å². The van der Waals surface area contributed by atoms with E-state index in [0.717, 1.165) is 6.92 Å². The summed E-state index contributed by atoms with van der Waals surface area (Å²) in [4.78, 5) is 118. The Labute approximate surface area is 279 Å². The number of nitrogens with one attached hydrogen (secondary N) is 4. The summed E-state index contributed by atoms with van der Waals surface area (Å²) in [6, 6.07) is -6.37. The summed E-state index contributed by atoms with van der Waals surface area (Å²) in [5.41, 5.74) is 8.84. The molecule has 5 atom stereocenters. The van der Waals surface area contributed by atoms with Gasteiger partial charge in [-0.15, -0.1) is 0 Å². The molecular formula is C28H44N6O15. The highest BCUT2D eigenvalue weighted by Crippen LogP contribution is 2.17. The van der Waals surface area contributed by atoms with E-state index in [1.165, 1.54) is 0 Å². The van der Waals surface area contributed by atoms with Gasteiger partial charge in [-0.2, -0.15) is 0 Å². The van der Waals surface area contributed by atoms with Gasteiger partial charge in [-0.25, -0.2) is 24.0 Å². The molecule has 49 heavy (non-hydrogen) atoms. The lowest BCUT2D eigenvalue weighted by Crippen LogP contribution is -2.55. The highest BCUT2D eigenvalue weighted by atomic mass is 16.4. The number of unbranched alkanes of at least 4 members (excludes halogenated alkanes) is 1. The van der Waals surface area contributed by atoms with Crippen LogP contribution in [0.1, 0.15) is 77.6 Å². The van der Waals surface area contributed by atoms with Gasteiger partial charge >= 0.3 is 29.8 Å². The summed E-state index contributed by atoms with van der Waals surface area (Å²) in [6.07, 6.45) is -3.88. The van der Waals surface area contributed by atoms with Crippen molar-refractivity contribution in [3.05, 3.63) is 0 Å². The van der Waals surface area contributed by atoms with Gasteiger partial charge in [0.25, 0.3) is 0 Å². The molecule has 0 saturated carbocycles. The average Bonchev–Trinajstić information content (AvgIpc) is 3.00. The van der Waals surface area contributed by atoms with Crippen LogP contribution >= 0.6 is 0 Å². The molecule has 0 aliphatic carbocycles. The van der Waals surface area contributed by atoms with Crippen LogP contribution in [0.4, 0.5) is 0 Å². The molecule has 0 saturated heterocycles. The number of nitrogens with two attached hydrogens (primary N) is 2. The Morgan fingerprint density at radius 1 is 0.551 bits per heavy atom. The van der Waals surface area contributed by atoms with Crippen LogP contribution in [0, 0.1) is 0 Å². The topological polar surface area (TPSA) is 372 Å². The number of aliphatic carboxylic acids is 5. The number of carboxylic acid groups (broad SMARTS) is 5. The third-order valence-corrected chi connectivity index (χ3v) is 7.12. The molecule has 0 radical (unpaired) electrons. The Kier molecular flexibility index (Phi) is 19.4. The number of carbonyl (C=O) groups is 10. The van der Waals surface area contributed by atoms with Crippen molar-refractivity contribution >= 4 is 59.3 Å². The van der Waals surface area contributed by atoms with Gasteiger partial charge in [0, 0.05) is 32.6 Å². The largest absolute Gasteiger partial charge is 0.480 e. The fraction of sp³-hybridized carbons (Fsp3) is 0.643. The second kappa shape index (κ2) is 21.6. The molecule has 0 aromatic rings. The Balaban J connectivity index is 5.08. The van der Waals surface area contributed by atoms with E-state index in [1.807, 2.05) is 0 Å². The van der Waals surface area contributed by atoms with E-state index in [-0.39, 0.29) is 25.8 Å². The Bertz CT molecular complexity index is 1260. The minimum Gasteiger partial charge on any atom is -0.480 e. The summed E-state index contributed by atoms with van der Waals surface area (Å²) in [5.74, 6) is -12.2. The third kappa shape index (κ3) is 17.0. The van der Waals surface area contributed by atoms with Crippen LogP contribution in [0.3, 0.4) is 0 Å². The Hall–Kier alpha value is -5.18. The van der Waals surface area contributed by atoms with E-state index in [1.54, 1.807) is 0 Å². The highest BCUT2D eigenvalue weighted by Gasteiger charge is 2.41. The molecule has 0 aliphatic rings. The van der Waals surface area contributed by atoms with Crippen LogP contribution in [-0.2, 0) is 47.9 Å². The molecular weight excluding hydrogens is 660 g/mol. The molecule has 0 aliphatic heterocycles. The average molecular weight is 705 g/mol. The van der Waals surface area contributed by atoms with E-state index < -0.39 is 134 Å². The smallest absolute Gasteiger partial charge is 0.331 e. The van der Waals surface area contributed by atoms with Crippen molar-refractivity contribution in [3.8, 4) is 0 Å². The standard InChI is InChI=1S/C28H44N6O15/c1-14(35)31-15(23(40)41)5-9-20(37)33-17(25(44)45)7-11-22(39)34-18(26(46)47)6-10-21(38)32-16(24(42)43)4-8-19(36)28(30,27(48)49)12-2-3-13-29/h15-18H,2-13,29-30H2,1H3,(H,31,35)(H,32,38)(H,33,37)(H,34,39)(H,40,41)(H,42,43)(H,44,45)(H,46,47)(H,48,49)/t15-,16-,17-,18-,28?/m0/s1. The summed E-state index contributed by atoms with van der Waals surface area (Å²) in [5, 5.41) is 55.2. The molecule has 0 aromatic heterocycles. The van der Waals surface area contributed by atoms with Crippen molar-refractivity contribution in [2.24, 2.45) is 11.5 Å². The van der Waals surface area contributed by atoms with E-state index in [4.69, 9.17) is 16.6 Å². The van der Waals surface area contributed by atoms with E-state index in [2.05, 4.69) is 21.3 Å². The first kappa shape index (κ1) is 43.8. The molecule has 4 amide bonds. The zero-order valence-corrected chi connectivity index (χ0v) is 26.8. The first-order valence-electron chi connectivity index (χ1n) is 15.1. The zero-order chi connectivity index (χ0) is 37.9. The maximum Gasteiger partial charge on any atom is 0.331 e. The predicted molar refractivity (Wildman–Crippen MR) is 163 cm³/mol. The molecule has 0 rings (SSSR count). The van der Waals surface area contributed by atoms with Crippen molar-refractivity contribution in [2.75, 3.05) is 6.54 Å². The van der Waals surface area contributed by atoms with Crippen LogP contribution < -0.4 is 32.7 Å². The summed E-state index contributed by atoms with van der Waals surface area (Å²) < 4.78 is 0. The number of carbonyl (C=O) groups excluding carboxylic acids is 5. The quantitative estimate of drug-likeness (QED) is 0.0313. The number of hydrogen-bond donors (Lipinski definition) is 11. The predicted octanol–water partition coefficient (Wildman–Crippen LogP) is -3.12. The SMILES string of the molecule is CC(=O)N[C@@H](CCC(=O)N[C@@H](CCC(=O)N[C@@H](CCC(=O)N[C@@H](CCC(=O)C(N)(CCCCN)C(=O)O)C(=O)O)C(=O)O)C(=O)O)C(=O)O. The summed E-state index contributed by atoms with van der Waals surface area (Å²) in [6.45, 7) is 1.30. The lowest BCUT2D eigenvalue weighted by molar-refractivity contribution is -0.149. The Morgan fingerprint density at radius 2 is 0.878 bits per heavy atom. The number of amides is 4. The van der Waals surface area contributed by atoms with E-state index >= 15 is 0 Å². The first-order valence-corrected chi connectivity index (χ1v) is 15.1. The number of carboxylic acids is 5. The molecule has 1 unspecified atom stereocenters. The molecule has 21 heteroatoms. The van der Waals surface area contributed by atoms with Crippen LogP contribution in [0.5, 0.6) is 0 Å². The second-order valence-corrected chi connectivity index (χ2v) is 11.1. The van der Waals surface area contributed by atoms with Gasteiger partial charge in [0.05, 0.1) is 0 Å². The van der Waals surface area contributed by atoms with Crippen LogP contribution in [0.25, 0.3) is 0 Å². The van der Waals surface area contributed by atoms with Crippen molar-refractivity contribution < 1.29 is 73.5 Å². The van der Waals surface area contributed by atoms with Gasteiger partial charge < -0.3 is 58.3 Å². The van der Waals surface area contributed by atoms with Gasteiger partial charge in [0.1, 0.15) is 24.2 Å². The highest BCUT2D eigenvalue weighted by molar-refractivity contribution is 6.07. The maximum absolute atomic E-state index is 12.6. The monoisotopic (exact) mass is 704 g/mol. The first-order chi connectivity index (χ1) is 22.7. The van der Waals surface area contributed by atoms with Crippen LogP contribution in [0.15, 0.2) is 0 Å². The van der Waals surface area contributed by atoms with Crippen LogP contribution in [0.2, 0.25) is 0 Å². The number of hydrogen-bond acceptors (Lipinski definition) is 12. The van der Waals surface area contributed by atoms with Crippen LogP contribution in [-0.4, -0.2) is 121 Å². The van der Waals surface area contributed by atoms with Gasteiger partial charge in [-0.05, 0) is 51.5 Å². The summed E-state index contributed by atoms with van der Waals surface area (Å²) in [7, 11) is 0. The van der Waals surface area contributed by atoms with Gasteiger partial charge in [0.2, 0.25) is 23.6 Å². The molecule has 13 N–H and O–H groups in total. The molecule has 276 valence electrons. The summed E-state index contributed by atoms with van der Waals surface area (Å²) >= 11 is 0. The number of Topliss-reactive ketones (excluding diaryl/α,β-unsaturated/α-hetero) is 1. The lowest BCUT2D eigenvalue weighted by Gasteiger charge is -2.24. The fourth-order valence-electron chi connectivity index (χ4n) is 4.31. The van der Waals surface area contributed by atoms with Crippen molar-refractivity contribution in [2.45, 2.75) is 107 Å². The minimum absolute atomic E-state index is 0.223. The molecule has 0 heterocycles. The lowest BCUT2D eigenvalue weighted by atomic mass is 9.86. The molecule has 0 spiro atoms. The van der Waals surface area contributed by atoms with Crippen molar-refractivity contribution in [3.63, 3.8) is 0 Å².